The normalized spacial score (nSPS) is 10.7. The van der Waals surface area contributed by atoms with E-state index in [1.807, 2.05) is 18.2 Å². The zero-order chi connectivity index (χ0) is 13.4. The summed E-state index contributed by atoms with van der Waals surface area (Å²) >= 11 is 0. The van der Waals surface area contributed by atoms with Gasteiger partial charge in [-0.25, -0.2) is 9.59 Å². The molecule has 0 fully saturated rings. The molecule has 0 unspecified atom stereocenters. The average molecular weight is 249 g/mol. The van der Waals surface area contributed by atoms with Crippen LogP contribution in [0.15, 0.2) is 42.1 Å². The highest BCUT2D eigenvalue weighted by molar-refractivity contribution is 5.98. The first kappa shape index (κ1) is 13.8. The molecule has 18 heavy (non-hydrogen) atoms. The van der Waals surface area contributed by atoms with Gasteiger partial charge in [0.1, 0.15) is 5.70 Å². The van der Waals surface area contributed by atoms with E-state index in [1.54, 1.807) is 19.1 Å². The van der Waals surface area contributed by atoms with Crippen molar-refractivity contribution in [1.29, 1.82) is 0 Å². The van der Waals surface area contributed by atoms with Crippen LogP contribution in [0.4, 0.5) is 5.69 Å². The summed E-state index contributed by atoms with van der Waals surface area (Å²) in [6, 6.07) is 9.00. The standard InChI is InChI=1S/C13H15NO4/c1-3-18-13(16)11(9-12(15)17-2)14-10-7-5-4-6-8-10/h4-9,14H,3H2,1-2H3/b11-9+. The molecule has 5 nitrogen and oxygen atoms in total. The Kier molecular flexibility index (Phi) is 5.44. The van der Waals surface area contributed by atoms with Gasteiger partial charge in [0.2, 0.25) is 0 Å². The Morgan fingerprint density at radius 3 is 2.50 bits per heavy atom. The lowest BCUT2D eigenvalue weighted by Crippen LogP contribution is -2.16. The summed E-state index contributed by atoms with van der Waals surface area (Å²) in [5.74, 6) is -1.23. The van der Waals surface area contributed by atoms with Crippen LogP contribution >= 0.6 is 0 Å². The van der Waals surface area contributed by atoms with Crippen molar-refractivity contribution in [2.24, 2.45) is 0 Å². The van der Waals surface area contributed by atoms with E-state index in [0.29, 0.717) is 5.69 Å². The van der Waals surface area contributed by atoms with E-state index in [0.717, 1.165) is 6.08 Å². The zero-order valence-electron chi connectivity index (χ0n) is 10.3. The lowest BCUT2D eigenvalue weighted by atomic mass is 10.3. The number of benzene rings is 1. The fraction of sp³-hybridized carbons (Fsp3) is 0.231. The van der Waals surface area contributed by atoms with Crippen molar-refractivity contribution in [3.63, 3.8) is 0 Å². The molecule has 5 heteroatoms. The largest absolute Gasteiger partial charge is 0.466 e. The number of esters is 2. The minimum atomic E-state index is -0.624. The highest BCUT2D eigenvalue weighted by atomic mass is 16.5. The van der Waals surface area contributed by atoms with Gasteiger partial charge in [-0.05, 0) is 19.1 Å². The topological polar surface area (TPSA) is 64.6 Å². The van der Waals surface area contributed by atoms with E-state index in [1.165, 1.54) is 7.11 Å². The fourth-order valence-corrected chi connectivity index (χ4v) is 1.21. The summed E-state index contributed by atoms with van der Waals surface area (Å²) < 4.78 is 9.33. The summed E-state index contributed by atoms with van der Waals surface area (Å²) in [6.07, 6.45) is 1.06. The first-order valence-electron chi connectivity index (χ1n) is 5.46. The van der Waals surface area contributed by atoms with Crippen molar-refractivity contribution in [3.8, 4) is 0 Å². The number of para-hydroxylation sites is 1. The third kappa shape index (κ3) is 4.29. The number of rotatable bonds is 5. The number of nitrogens with one attached hydrogen (secondary N) is 1. The zero-order valence-corrected chi connectivity index (χ0v) is 10.3. The van der Waals surface area contributed by atoms with Crippen LogP contribution in [0.5, 0.6) is 0 Å². The minimum Gasteiger partial charge on any atom is -0.466 e. The van der Waals surface area contributed by atoms with Gasteiger partial charge in [0.05, 0.1) is 19.8 Å². The molecule has 0 aliphatic heterocycles. The maximum Gasteiger partial charge on any atom is 0.355 e. The van der Waals surface area contributed by atoms with Gasteiger partial charge in [-0.15, -0.1) is 0 Å². The Balaban J connectivity index is 2.88. The Labute approximate surface area is 105 Å². The number of anilines is 1. The number of methoxy groups -OCH3 is 1. The molecule has 1 N–H and O–H groups in total. The second-order valence-electron chi connectivity index (χ2n) is 3.29. The van der Waals surface area contributed by atoms with E-state index in [9.17, 15) is 9.59 Å². The molecule has 0 heterocycles. The predicted octanol–water partition coefficient (Wildman–Crippen LogP) is 1.72. The van der Waals surface area contributed by atoms with Crippen LogP contribution < -0.4 is 5.32 Å². The molecule has 0 aromatic heterocycles. The third-order valence-corrected chi connectivity index (χ3v) is 2.01. The molecule has 0 saturated carbocycles. The Hall–Kier alpha value is -2.30. The van der Waals surface area contributed by atoms with Gasteiger partial charge in [0, 0.05) is 5.69 Å². The lowest BCUT2D eigenvalue weighted by molar-refractivity contribution is -0.140. The summed E-state index contributed by atoms with van der Waals surface area (Å²) in [6.45, 7) is 1.92. The molecule has 1 rings (SSSR count). The second-order valence-corrected chi connectivity index (χ2v) is 3.29. The van der Waals surface area contributed by atoms with Crippen LogP contribution in [0.25, 0.3) is 0 Å². The van der Waals surface area contributed by atoms with E-state index >= 15 is 0 Å². The quantitative estimate of drug-likeness (QED) is 0.635. The number of hydrogen-bond donors (Lipinski definition) is 1. The van der Waals surface area contributed by atoms with Gasteiger partial charge in [0.25, 0.3) is 0 Å². The highest BCUT2D eigenvalue weighted by Crippen LogP contribution is 2.10. The Bertz CT molecular complexity index is 440. The summed E-state index contributed by atoms with van der Waals surface area (Å²) in [5, 5.41) is 2.81. The summed E-state index contributed by atoms with van der Waals surface area (Å²) in [4.78, 5) is 22.8. The van der Waals surface area contributed by atoms with Gasteiger partial charge in [-0.1, -0.05) is 18.2 Å². The molecule has 0 amide bonds. The van der Waals surface area contributed by atoms with Crippen LogP contribution in [-0.4, -0.2) is 25.7 Å². The maximum absolute atomic E-state index is 11.6. The molecular weight excluding hydrogens is 234 g/mol. The predicted molar refractivity (Wildman–Crippen MR) is 66.8 cm³/mol. The number of ether oxygens (including phenoxy) is 2. The first-order chi connectivity index (χ1) is 8.67. The maximum atomic E-state index is 11.6. The molecule has 0 atom stereocenters. The van der Waals surface area contributed by atoms with E-state index < -0.39 is 11.9 Å². The van der Waals surface area contributed by atoms with Crippen LogP contribution in [-0.2, 0) is 19.1 Å². The van der Waals surface area contributed by atoms with Crippen molar-refractivity contribution >= 4 is 17.6 Å². The average Bonchev–Trinajstić information content (AvgIpc) is 2.39. The number of hydrogen-bond acceptors (Lipinski definition) is 5. The molecule has 0 spiro atoms. The van der Waals surface area contributed by atoms with Crippen LogP contribution in [0.3, 0.4) is 0 Å². The first-order valence-corrected chi connectivity index (χ1v) is 5.46. The number of carbonyl (C=O) groups is 2. The molecule has 0 bridgehead atoms. The van der Waals surface area contributed by atoms with Gasteiger partial charge < -0.3 is 14.8 Å². The molecule has 0 saturated heterocycles. The summed E-state index contributed by atoms with van der Waals surface area (Å²) in [5.41, 5.74) is 0.718. The van der Waals surface area contributed by atoms with Crippen LogP contribution in [0.1, 0.15) is 6.92 Å². The summed E-state index contributed by atoms with van der Waals surface area (Å²) in [7, 11) is 1.24. The monoisotopic (exact) mass is 249 g/mol. The van der Waals surface area contributed by atoms with Gasteiger partial charge >= 0.3 is 11.9 Å². The Morgan fingerprint density at radius 1 is 1.28 bits per heavy atom. The van der Waals surface area contributed by atoms with Crippen molar-refractivity contribution in [2.45, 2.75) is 6.92 Å². The van der Waals surface area contributed by atoms with Crippen molar-refractivity contribution in [3.05, 3.63) is 42.1 Å². The molecule has 0 radical (unpaired) electrons. The molecule has 1 aromatic rings. The fourth-order valence-electron chi connectivity index (χ4n) is 1.21. The van der Waals surface area contributed by atoms with Crippen LogP contribution in [0.2, 0.25) is 0 Å². The smallest absolute Gasteiger partial charge is 0.355 e. The molecule has 96 valence electrons. The highest BCUT2D eigenvalue weighted by Gasteiger charge is 2.13. The molecule has 0 aliphatic carbocycles. The number of carbonyl (C=O) groups excluding carboxylic acids is 2. The van der Waals surface area contributed by atoms with Gasteiger partial charge in [-0.2, -0.15) is 0 Å². The van der Waals surface area contributed by atoms with Crippen LogP contribution in [0, 0.1) is 0 Å². The second kappa shape index (κ2) is 7.11. The SMILES string of the molecule is CCOC(=O)/C(=C\C(=O)OC)Nc1ccccc1. The molecule has 0 aliphatic rings. The van der Waals surface area contributed by atoms with Crippen molar-refractivity contribution < 1.29 is 19.1 Å². The van der Waals surface area contributed by atoms with Crippen molar-refractivity contribution in [2.75, 3.05) is 19.0 Å². The molecular formula is C13H15NO4. The van der Waals surface area contributed by atoms with E-state index in [-0.39, 0.29) is 12.3 Å². The molecule has 1 aromatic carbocycles. The minimum absolute atomic E-state index is 0.0369. The third-order valence-electron chi connectivity index (χ3n) is 2.01. The Morgan fingerprint density at radius 2 is 1.94 bits per heavy atom. The lowest BCUT2D eigenvalue weighted by Gasteiger charge is -2.09. The van der Waals surface area contributed by atoms with Gasteiger partial charge in [0.15, 0.2) is 0 Å². The van der Waals surface area contributed by atoms with E-state index in [4.69, 9.17) is 4.74 Å². The van der Waals surface area contributed by atoms with E-state index in [2.05, 4.69) is 10.1 Å². The van der Waals surface area contributed by atoms with Crippen molar-refractivity contribution in [1.82, 2.24) is 0 Å². The van der Waals surface area contributed by atoms with Gasteiger partial charge in [-0.3, -0.25) is 0 Å².